The first-order valence-electron chi connectivity index (χ1n) is 11.4. The van der Waals surface area contributed by atoms with Crippen molar-refractivity contribution in [1.29, 1.82) is 0 Å². The van der Waals surface area contributed by atoms with Crippen LogP contribution in [0.15, 0.2) is 36.7 Å². The minimum atomic E-state index is 0. The Morgan fingerprint density at radius 2 is 1.79 bits per heavy atom. The molecule has 1 unspecified atom stereocenters. The predicted molar refractivity (Wildman–Crippen MR) is 140 cm³/mol. The number of hydrogen-bond donors (Lipinski definition) is 1. The average Bonchev–Trinajstić information content (AvgIpc) is 3.01. The number of halogens is 3. The van der Waals surface area contributed by atoms with Crippen LogP contribution in [0.3, 0.4) is 0 Å². The highest BCUT2D eigenvalue weighted by molar-refractivity contribution is 6.42. The van der Waals surface area contributed by atoms with Crippen molar-refractivity contribution in [3.8, 4) is 11.5 Å². The number of methoxy groups -OCH3 is 1. The van der Waals surface area contributed by atoms with E-state index >= 15 is 0 Å². The van der Waals surface area contributed by atoms with E-state index in [2.05, 4.69) is 27.2 Å². The van der Waals surface area contributed by atoms with Crippen LogP contribution in [-0.4, -0.2) is 47.7 Å². The van der Waals surface area contributed by atoms with Gasteiger partial charge in [-0.3, -0.25) is 0 Å². The number of fused-ring (bicyclic) bond motifs is 3. The van der Waals surface area contributed by atoms with E-state index < -0.39 is 0 Å². The Labute approximate surface area is 216 Å². The van der Waals surface area contributed by atoms with E-state index in [1.807, 2.05) is 18.2 Å². The fourth-order valence-corrected chi connectivity index (χ4v) is 5.54. The molecule has 0 aliphatic carbocycles. The lowest BCUT2D eigenvalue weighted by Gasteiger charge is -2.36. The van der Waals surface area contributed by atoms with Gasteiger partial charge in [0.1, 0.15) is 12.1 Å². The average molecular weight is 524 g/mol. The van der Waals surface area contributed by atoms with Gasteiger partial charge >= 0.3 is 0 Å². The topological polar surface area (TPSA) is 59.5 Å². The van der Waals surface area contributed by atoms with E-state index in [9.17, 15) is 0 Å². The second-order valence-corrected chi connectivity index (χ2v) is 9.84. The molecule has 3 atom stereocenters. The van der Waals surface area contributed by atoms with Gasteiger partial charge < -0.3 is 19.7 Å². The van der Waals surface area contributed by atoms with E-state index in [0.29, 0.717) is 34.0 Å². The summed E-state index contributed by atoms with van der Waals surface area (Å²) >= 11 is 12.2. The van der Waals surface area contributed by atoms with E-state index in [0.717, 1.165) is 41.0 Å². The van der Waals surface area contributed by atoms with Crippen molar-refractivity contribution in [2.24, 2.45) is 5.92 Å². The molecule has 3 aromatic rings. The molecule has 1 N–H and O–H groups in total. The lowest BCUT2D eigenvalue weighted by molar-refractivity contribution is 0.119. The Bertz CT molecular complexity index is 1150. The summed E-state index contributed by atoms with van der Waals surface area (Å²) in [5.41, 5.74) is 1.57. The van der Waals surface area contributed by atoms with Crippen molar-refractivity contribution in [1.82, 2.24) is 14.9 Å². The van der Waals surface area contributed by atoms with Gasteiger partial charge in [0.2, 0.25) is 0 Å². The smallest absolute Gasteiger partial charge is 0.163 e. The van der Waals surface area contributed by atoms with E-state index in [1.54, 1.807) is 19.2 Å². The molecule has 0 radical (unpaired) electrons. The number of piperidine rings is 1. The normalized spacial score (nSPS) is 21.8. The van der Waals surface area contributed by atoms with Crippen LogP contribution >= 0.6 is 35.6 Å². The lowest BCUT2D eigenvalue weighted by Crippen LogP contribution is -2.40. The van der Waals surface area contributed by atoms with Crippen LogP contribution in [0.1, 0.15) is 32.1 Å². The van der Waals surface area contributed by atoms with Gasteiger partial charge in [-0.25, -0.2) is 9.97 Å². The Morgan fingerprint density at radius 1 is 1.03 bits per heavy atom. The van der Waals surface area contributed by atoms with Gasteiger partial charge in [0.15, 0.2) is 11.5 Å². The summed E-state index contributed by atoms with van der Waals surface area (Å²) in [7, 11) is 3.93. The predicted octanol–water partition coefficient (Wildman–Crippen LogP) is 6.75. The van der Waals surface area contributed by atoms with Gasteiger partial charge in [-0.2, -0.15) is 0 Å². The number of nitrogens with one attached hydrogen (secondary N) is 1. The summed E-state index contributed by atoms with van der Waals surface area (Å²) in [5, 5.41) is 5.11. The van der Waals surface area contributed by atoms with Crippen LogP contribution in [0.5, 0.6) is 11.5 Å². The van der Waals surface area contributed by atoms with E-state index in [1.165, 1.54) is 32.0 Å². The molecular formula is C25H29Cl3N4O2. The summed E-state index contributed by atoms with van der Waals surface area (Å²) in [4.78, 5) is 11.4. The zero-order chi connectivity index (χ0) is 22.9. The molecule has 9 heteroatoms. The van der Waals surface area contributed by atoms with Crippen molar-refractivity contribution in [2.75, 3.05) is 26.1 Å². The highest BCUT2D eigenvalue weighted by Gasteiger charge is 2.38. The Hall–Kier alpha value is -1.99. The highest BCUT2D eigenvalue weighted by atomic mass is 35.5. The van der Waals surface area contributed by atoms with Gasteiger partial charge in [-0.1, -0.05) is 23.2 Å². The summed E-state index contributed by atoms with van der Waals surface area (Å²) in [5.74, 6) is 2.76. The van der Waals surface area contributed by atoms with Gasteiger partial charge in [0.25, 0.3) is 0 Å². The third-order valence-corrected chi connectivity index (χ3v) is 7.82. The minimum absolute atomic E-state index is 0. The van der Waals surface area contributed by atoms with Crippen molar-refractivity contribution in [3.05, 3.63) is 46.7 Å². The van der Waals surface area contributed by atoms with E-state index in [4.69, 9.17) is 32.7 Å². The first kappa shape index (κ1) is 25.1. The van der Waals surface area contributed by atoms with E-state index in [-0.39, 0.29) is 12.4 Å². The van der Waals surface area contributed by atoms with Crippen molar-refractivity contribution in [2.45, 2.75) is 44.2 Å². The molecule has 0 amide bonds. The first-order valence-corrected chi connectivity index (χ1v) is 12.2. The number of aromatic nitrogens is 2. The number of nitrogens with zero attached hydrogens (tertiary/aromatic N) is 3. The number of rotatable bonds is 7. The molecule has 0 spiro atoms. The molecule has 0 saturated carbocycles. The van der Waals surface area contributed by atoms with Crippen LogP contribution in [0.2, 0.25) is 10.0 Å². The first-order chi connectivity index (χ1) is 16.0. The van der Waals surface area contributed by atoms with Crippen LogP contribution in [0, 0.1) is 5.92 Å². The summed E-state index contributed by atoms with van der Waals surface area (Å²) in [6.07, 6.45) is 7.84. The maximum Gasteiger partial charge on any atom is 0.163 e. The quantitative estimate of drug-likeness (QED) is 0.369. The Balaban J connectivity index is 0.00000274. The van der Waals surface area contributed by atoms with Gasteiger partial charge in [-0.05, 0) is 69.3 Å². The second-order valence-electron chi connectivity index (χ2n) is 9.02. The molecule has 2 saturated heterocycles. The third-order valence-electron chi connectivity index (χ3n) is 7.08. The largest absolute Gasteiger partial charge is 0.493 e. The summed E-state index contributed by atoms with van der Waals surface area (Å²) in [6, 6.07) is 10.7. The number of anilines is 2. The van der Waals surface area contributed by atoms with Crippen molar-refractivity contribution in [3.63, 3.8) is 0 Å². The molecule has 6 nitrogen and oxygen atoms in total. The van der Waals surface area contributed by atoms with Crippen LogP contribution < -0.4 is 14.8 Å². The Morgan fingerprint density at radius 3 is 2.50 bits per heavy atom. The van der Waals surface area contributed by atoms with Gasteiger partial charge in [-0.15, -0.1) is 12.4 Å². The Kier molecular flexibility index (Phi) is 7.93. The molecule has 3 heterocycles. The summed E-state index contributed by atoms with van der Waals surface area (Å²) in [6.45, 7) is 0.676. The fourth-order valence-electron chi connectivity index (χ4n) is 5.24. The fraction of sp³-hybridized carbons (Fsp3) is 0.440. The maximum atomic E-state index is 6.19. The molecule has 2 aliphatic heterocycles. The zero-order valence-corrected chi connectivity index (χ0v) is 21.6. The van der Waals surface area contributed by atoms with Crippen molar-refractivity contribution >= 4 is 58.0 Å². The zero-order valence-electron chi connectivity index (χ0n) is 19.3. The molecule has 2 fully saturated rings. The highest BCUT2D eigenvalue weighted by Crippen LogP contribution is 2.39. The summed E-state index contributed by atoms with van der Waals surface area (Å²) < 4.78 is 11.8. The van der Waals surface area contributed by atoms with Gasteiger partial charge in [0, 0.05) is 29.2 Å². The van der Waals surface area contributed by atoms with Crippen LogP contribution in [0.4, 0.5) is 11.5 Å². The second kappa shape index (κ2) is 10.7. The molecule has 182 valence electrons. The molecular weight excluding hydrogens is 495 g/mol. The van der Waals surface area contributed by atoms with Gasteiger partial charge in [0.05, 0.1) is 29.3 Å². The maximum absolute atomic E-state index is 6.19. The monoisotopic (exact) mass is 522 g/mol. The standard InChI is InChI=1S/C25H28Cl2N4O2.ClH/c1-31-17-4-5-18(31)10-15(9-17)7-8-33-24-13-22-19(12-23(24)32-2)25(29-14-28-22)30-16-3-6-20(26)21(27)11-16;/h3,6,11-15,17-18H,4-5,7-10H2,1-2H3,(H,28,29,30);1H/t15?,17-,18+;. The molecule has 2 aliphatic rings. The molecule has 2 aromatic carbocycles. The molecule has 34 heavy (non-hydrogen) atoms. The van der Waals surface area contributed by atoms with Crippen LogP contribution in [-0.2, 0) is 0 Å². The number of hydrogen-bond acceptors (Lipinski definition) is 6. The lowest BCUT2D eigenvalue weighted by atomic mass is 9.89. The molecule has 2 bridgehead atoms. The number of benzene rings is 2. The minimum Gasteiger partial charge on any atom is -0.493 e. The third kappa shape index (κ3) is 5.15. The number of ether oxygens (including phenoxy) is 2. The SMILES string of the molecule is COc1cc2c(Nc3ccc(Cl)c(Cl)c3)ncnc2cc1OCCC1C[C@H]2CC[C@@H](C1)N2C.Cl. The van der Waals surface area contributed by atoms with Crippen molar-refractivity contribution < 1.29 is 9.47 Å². The van der Waals surface area contributed by atoms with Crippen LogP contribution in [0.25, 0.3) is 10.9 Å². The molecule has 5 rings (SSSR count). The molecule has 1 aromatic heterocycles.